The van der Waals surface area contributed by atoms with Crippen LogP contribution in [-0.4, -0.2) is 41.5 Å². The average Bonchev–Trinajstić information content (AvgIpc) is 2.86. The lowest BCUT2D eigenvalue weighted by molar-refractivity contribution is -0.139. The molecule has 5 rings (SSSR count). The molecule has 1 saturated carbocycles. The van der Waals surface area contributed by atoms with Gasteiger partial charge in [0.1, 0.15) is 5.75 Å². The normalized spacial score (nSPS) is 20.6. The van der Waals surface area contributed by atoms with Crippen LogP contribution in [0.1, 0.15) is 36.8 Å². The molecular weight excluding hydrogens is 513 g/mol. The third kappa shape index (κ3) is 5.53. The first-order chi connectivity index (χ1) is 17.5. The topological polar surface area (TPSA) is 111 Å². The Morgan fingerprint density at radius 2 is 1.95 bits per heavy atom. The zero-order valence-electron chi connectivity index (χ0n) is 20.5. The summed E-state index contributed by atoms with van der Waals surface area (Å²) in [5.74, 6) is 2.17. The van der Waals surface area contributed by atoms with E-state index >= 15 is 0 Å². The van der Waals surface area contributed by atoms with Crippen LogP contribution < -0.4 is 15.0 Å². The highest BCUT2D eigenvalue weighted by atomic mass is 35.5. The van der Waals surface area contributed by atoms with Crippen LogP contribution in [0.15, 0.2) is 36.4 Å². The molecule has 1 aromatic heterocycles. The molecule has 2 aliphatic rings. The summed E-state index contributed by atoms with van der Waals surface area (Å²) in [6.07, 6.45) is 3.47. The van der Waals surface area contributed by atoms with Gasteiger partial charge in [-0.25, -0.2) is 0 Å². The van der Waals surface area contributed by atoms with E-state index in [2.05, 4.69) is 26.5 Å². The number of hydrogen-bond acceptors (Lipinski definition) is 7. The Labute approximate surface area is 227 Å². The molecule has 0 amide bonds. The van der Waals surface area contributed by atoms with Crippen LogP contribution in [0.2, 0.25) is 5.02 Å². The largest absolute Gasteiger partial charge is 0.495 e. The summed E-state index contributed by atoms with van der Waals surface area (Å²) in [4.78, 5) is 13.7. The number of carbonyl (C=O) groups is 1. The summed E-state index contributed by atoms with van der Waals surface area (Å²) >= 11 is 6.28. The average molecular weight is 542 g/mol. The number of piperidine rings is 1. The van der Waals surface area contributed by atoms with Crippen LogP contribution in [-0.2, 0) is 11.3 Å². The summed E-state index contributed by atoms with van der Waals surface area (Å²) in [5, 5.41) is 33.7. The lowest BCUT2D eigenvalue weighted by Crippen LogP contribution is -2.49. The minimum absolute atomic E-state index is 0. The van der Waals surface area contributed by atoms with Crippen LogP contribution in [0.4, 0.5) is 11.6 Å². The van der Waals surface area contributed by atoms with Crippen LogP contribution in [0.3, 0.4) is 0 Å². The number of hydrogen-bond donors (Lipinski definition) is 2. The highest BCUT2D eigenvalue weighted by Crippen LogP contribution is 2.43. The van der Waals surface area contributed by atoms with Gasteiger partial charge in [0.2, 0.25) is 0 Å². The second kappa shape index (κ2) is 11.4. The van der Waals surface area contributed by atoms with E-state index in [9.17, 15) is 15.2 Å². The Morgan fingerprint density at radius 1 is 1.19 bits per heavy atom. The van der Waals surface area contributed by atoms with Gasteiger partial charge in [0, 0.05) is 36.8 Å². The minimum atomic E-state index is -0.715. The van der Waals surface area contributed by atoms with Crippen molar-refractivity contribution in [3.8, 4) is 11.8 Å². The van der Waals surface area contributed by atoms with Gasteiger partial charge in [-0.15, -0.1) is 22.6 Å². The Bertz CT molecular complexity index is 1330. The van der Waals surface area contributed by atoms with Crippen LogP contribution in [0.25, 0.3) is 10.8 Å². The molecule has 2 unspecified atom stereocenters. The molecule has 0 spiro atoms. The number of carboxylic acid groups (broad SMARTS) is 1. The first-order valence-corrected chi connectivity index (χ1v) is 12.6. The molecule has 37 heavy (non-hydrogen) atoms. The maximum atomic E-state index is 11.5. The van der Waals surface area contributed by atoms with Gasteiger partial charge in [-0.1, -0.05) is 24.1 Å². The zero-order valence-corrected chi connectivity index (χ0v) is 22.1. The van der Waals surface area contributed by atoms with Crippen molar-refractivity contribution in [1.29, 1.82) is 5.26 Å². The lowest BCUT2D eigenvalue weighted by atomic mass is 9.67. The minimum Gasteiger partial charge on any atom is -0.495 e. The van der Waals surface area contributed by atoms with Gasteiger partial charge in [-0.2, -0.15) is 5.26 Å². The lowest BCUT2D eigenvalue weighted by Gasteiger charge is -2.47. The number of ether oxygens (including phenoxy) is 1. The number of halogens is 2. The van der Waals surface area contributed by atoms with Gasteiger partial charge in [0.15, 0.2) is 11.6 Å². The second-order valence-corrected chi connectivity index (χ2v) is 10.1. The monoisotopic (exact) mass is 541 g/mol. The van der Waals surface area contributed by atoms with E-state index in [0.717, 1.165) is 54.5 Å². The number of aromatic nitrogens is 2. The summed E-state index contributed by atoms with van der Waals surface area (Å²) in [7, 11) is 1.58. The number of rotatable bonds is 7. The molecule has 2 fully saturated rings. The number of nitrogens with zero attached hydrogens (tertiary/aromatic N) is 4. The third-order valence-electron chi connectivity index (χ3n) is 7.55. The number of anilines is 2. The Morgan fingerprint density at radius 3 is 2.59 bits per heavy atom. The van der Waals surface area contributed by atoms with Crippen LogP contribution in [0.5, 0.6) is 5.75 Å². The van der Waals surface area contributed by atoms with Gasteiger partial charge in [0.25, 0.3) is 0 Å². The first-order valence-electron chi connectivity index (χ1n) is 12.2. The van der Waals surface area contributed by atoms with E-state index in [1.54, 1.807) is 13.2 Å². The van der Waals surface area contributed by atoms with Crippen molar-refractivity contribution in [3.63, 3.8) is 0 Å². The molecule has 2 heterocycles. The quantitative estimate of drug-likeness (QED) is 0.401. The highest BCUT2D eigenvalue weighted by molar-refractivity contribution is 6.32. The third-order valence-corrected chi connectivity index (χ3v) is 7.84. The van der Waals surface area contributed by atoms with Crippen molar-refractivity contribution >= 4 is 52.4 Å². The van der Waals surface area contributed by atoms with Crippen molar-refractivity contribution in [3.05, 3.63) is 52.5 Å². The Balaban J connectivity index is 0.00000320. The zero-order chi connectivity index (χ0) is 25.2. The first kappa shape index (κ1) is 26.8. The van der Waals surface area contributed by atoms with Crippen molar-refractivity contribution in [2.24, 2.45) is 17.8 Å². The molecule has 10 heteroatoms. The van der Waals surface area contributed by atoms with Gasteiger partial charge in [-0.3, -0.25) is 4.79 Å². The molecule has 2 aromatic carbocycles. The molecule has 3 aromatic rings. The standard InChI is InChI=1S/C27H28ClN5O3.ClH/c1-36-24-8-6-17(10-23(24)28)13-30-26-22-9-16(12-29)5-7-20(22)27(32-31-26)33-14-18-3-2-4-19(15-33)21(18)11-25(34)35;/h5-10,18-19,21H,2-4,11,13-15H2,1H3,(H,30,31)(H,34,35);1H. The van der Waals surface area contributed by atoms with Crippen LogP contribution >= 0.6 is 24.0 Å². The summed E-state index contributed by atoms with van der Waals surface area (Å²) in [6.45, 7) is 2.03. The summed E-state index contributed by atoms with van der Waals surface area (Å²) < 4.78 is 5.23. The molecule has 2 bridgehead atoms. The fourth-order valence-corrected chi connectivity index (χ4v) is 6.12. The number of methoxy groups -OCH3 is 1. The highest BCUT2D eigenvalue weighted by Gasteiger charge is 2.41. The maximum Gasteiger partial charge on any atom is 0.303 e. The number of fused-ring (bicyclic) bond motifs is 3. The molecule has 1 saturated heterocycles. The van der Waals surface area contributed by atoms with Crippen molar-refractivity contribution in [2.45, 2.75) is 32.2 Å². The van der Waals surface area contributed by atoms with Gasteiger partial charge >= 0.3 is 5.97 Å². The van der Waals surface area contributed by atoms with E-state index in [4.69, 9.17) is 16.3 Å². The number of benzene rings is 2. The van der Waals surface area contributed by atoms with Crippen LogP contribution in [0, 0.1) is 29.1 Å². The summed E-state index contributed by atoms with van der Waals surface area (Å²) in [6, 6.07) is 13.4. The molecule has 1 aliphatic carbocycles. The molecular formula is C27H29Cl2N5O3. The predicted octanol–water partition coefficient (Wildman–Crippen LogP) is 5.52. The van der Waals surface area contributed by atoms with Gasteiger partial charge in [0.05, 0.1) is 23.8 Å². The Hall–Kier alpha value is -3.28. The van der Waals surface area contributed by atoms with Crippen molar-refractivity contribution in [2.75, 3.05) is 30.4 Å². The molecule has 8 nitrogen and oxygen atoms in total. The maximum absolute atomic E-state index is 11.5. The number of nitrogens with one attached hydrogen (secondary N) is 1. The fourth-order valence-electron chi connectivity index (χ4n) is 5.84. The SMILES string of the molecule is COc1ccc(CNc2nnc(N3CC4CCCC(C3)C4CC(=O)O)c3ccc(C#N)cc23)cc1Cl.Cl. The second-order valence-electron chi connectivity index (χ2n) is 9.68. The van der Waals surface area contributed by atoms with Gasteiger partial charge in [-0.05, 0) is 66.5 Å². The molecule has 0 radical (unpaired) electrons. The van der Waals surface area contributed by atoms with Gasteiger partial charge < -0.3 is 20.1 Å². The van der Waals surface area contributed by atoms with E-state index in [1.165, 1.54) is 0 Å². The number of aliphatic carboxylic acids is 1. The molecule has 2 atom stereocenters. The van der Waals surface area contributed by atoms with E-state index in [1.807, 2.05) is 30.3 Å². The van der Waals surface area contributed by atoms with E-state index < -0.39 is 5.97 Å². The smallest absolute Gasteiger partial charge is 0.303 e. The molecule has 2 N–H and O–H groups in total. The van der Waals surface area contributed by atoms with Crippen molar-refractivity contribution in [1.82, 2.24) is 10.2 Å². The Kier molecular flexibility index (Phi) is 8.25. The number of nitriles is 1. The molecule has 194 valence electrons. The van der Waals surface area contributed by atoms with E-state index in [-0.39, 0.29) is 24.7 Å². The molecule has 1 aliphatic heterocycles. The predicted molar refractivity (Wildman–Crippen MR) is 146 cm³/mol. The fraction of sp³-hybridized carbons (Fsp3) is 0.407. The van der Waals surface area contributed by atoms with E-state index in [0.29, 0.717) is 40.5 Å². The van der Waals surface area contributed by atoms with Crippen molar-refractivity contribution < 1.29 is 14.6 Å². The number of carboxylic acids is 1. The summed E-state index contributed by atoms with van der Waals surface area (Å²) in [5.41, 5.74) is 1.51.